The summed E-state index contributed by atoms with van der Waals surface area (Å²) in [4.78, 5) is 0. The minimum Gasteiger partial charge on any atom is -0.489 e. The van der Waals surface area contributed by atoms with Crippen LogP contribution in [0.15, 0.2) is 42.5 Å². The molecule has 0 aliphatic heterocycles. The van der Waals surface area contributed by atoms with E-state index in [1.165, 1.54) is 12.1 Å². The molecule has 0 fully saturated rings. The smallest absolute Gasteiger partial charge is 0.489 e. The van der Waals surface area contributed by atoms with Crippen LogP contribution in [0.1, 0.15) is 5.56 Å². The van der Waals surface area contributed by atoms with E-state index in [0.717, 1.165) is 12.1 Å². The molecule has 2 aromatic rings. The van der Waals surface area contributed by atoms with Gasteiger partial charge in [-0.15, -0.1) is 5.46 Å². The number of hydrogen-bond donors (Lipinski definition) is 0. The maximum Gasteiger partial charge on any atom is 1.00 e. The van der Waals surface area contributed by atoms with Gasteiger partial charge in [-0.3, -0.25) is 0 Å². The van der Waals surface area contributed by atoms with Gasteiger partial charge >= 0.3 is 58.4 Å². The van der Waals surface area contributed by atoms with Crippen molar-refractivity contribution in [3.8, 4) is 5.75 Å². The summed E-state index contributed by atoms with van der Waals surface area (Å²) in [5, 5.41) is 0.936. The molecule has 0 atom stereocenters. The summed E-state index contributed by atoms with van der Waals surface area (Å²) in [5.41, 5.74) is -0.0817. The van der Waals surface area contributed by atoms with Crippen molar-refractivity contribution in [2.75, 3.05) is 0 Å². The molecule has 1 nitrogen and oxygen atoms in total. The van der Waals surface area contributed by atoms with Gasteiger partial charge in [0.1, 0.15) is 12.4 Å². The zero-order valence-electron chi connectivity index (χ0n) is 11.1. The Balaban J connectivity index is 0.00000220. The van der Waals surface area contributed by atoms with Crippen LogP contribution < -0.4 is 61.6 Å². The predicted octanol–water partition coefficient (Wildman–Crippen LogP) is 1.63. The largest absolute Gasteiger partial charge is 1.00 e. The Morgan fingerprint density at radius 1 is 1.00 bits per heavy atom. The first-order valence-corrected chi connectivity index (χ1v) is 6.48. The average molecular weight is 359 g/mol. The number of rotatable bonds is 4. The van der Waals surface area contributed by atoms with E-state index in [1.54, 1.807) is 18.2 Å². The van der Waals surface area contributed by atoms with Crippen LogP contribution in [0.2, 0.25) is 10.0 Å². The second kappa shape index (κ2) is 8.24. The quantitative estimate of drug-likeness (QED) is 0.755. The van der Waals surface area contributed by atoms with E-state index >= 15 is 0 Å². The standard InChI is InChI=1S/C13H9BCl2F3O.K/c15-11-4-5-13(16)9(6-11)8-20-12-3-1-2-10(7-12)14(17,18)19;/h1-7H,8H2;/q-1;+1. The fourth-order valence-corrected chi connectivity index (χ4v) is 1.99. The molecular weight excluding hydrogens is 350 g/mol. The van der Waals surface area contributed by atoms with Gasteiger partial charge in [-0.1, -0.05) is 35.3 Å². The molecule has 0 heterocycles. The van der Waals surface area contributed by atoms with Crippen LogP contribution in [0.25, 0.3) is 0 Å². The van der Waals surface area contributed by atoms with Crippen molar-refractivity contribution in [3.05, 3.63) is 58.1 Å². The van der Waals surface area contributed by atoms with Crippen molar-refractivity contribution in [1.29, 1.82) is 0 Å². The van der Waals surface area contributed by atoms with Crippen molar-refractivity contribution < 1.29 is 69.1 Å². The number of ether oxygens (including phenoxy) is 1. The monoisotopic (exact) mass is 358 g/mol. The van der Waals surface area contributed by atoms with E-state index in [4.69, 9.17) is 27.9 Å². The van der Waals surface area contributed by atoms with Gasteiger partial charge in [0.2, 0.25) is 0 Å². The SMILES string of the molecule is F[B-](F)(F)c1cccc(OCc2cc(Cl)ccc2Cl)c1.[K+]. The van der Waals surface area contributed by atoms with Gasteiger partial charge in [-0.2, -0.15) is 0 Å². The Kier molecular flexibility index (Phi) is 7.60. The molecule has 21 heavy (non-hydrogen) atoms. The van der Waals surface area contributed by atoms with Crippen molar-refractivity contribution in [3.63, 3.8) is 0 Å². The maximum atomic E-state index is 12.6. The molecule has 0 amide bonds. The van der Waals surface area contributed by atoms with E-state index in [0.29, 0.717) is 15.6 Å². The predicted molar refractivity (Wildman–Crippen MR) is 75.9 cm³/mol. The first kappa shape index (κ1) is 19.4. The number of hydrogen-bond acceptors (Lipinski definition) is 1. The fourth-order valence-electron chi connectivity index (χ4n) is 1.62. The van der Waals surface area contributed by atoms with Crippen molar-refractivity contribution in [2.24, 2.45) is 0 Å². The van der Waals surface area contributed by atoms with Gasteiger partial charge in [0.25, 0.3) is 0 Å². The molecule has 0 bridgehead atoms. The summed E-state index contributed by atoms with van der Waals surface area (Å²) in [5.74, 6) is 0.137. The number of benzene rings is 2. The molecule has 0 radical (unpaired) electrons. The van der Waals surface area contributed by atoms with E-state index in [2.05, 4.69) is 0 Å². The molecule has 0 saturated heterocycles. The summed E-state index contributed by atoms with van der Waals surface area (Å²) >= 11 is 11.8. The Bertz CT molecular complexity index is 623. The molecule has 2 rings (SSSR count). The van der Waals surface area contributed by atoms with Gasteiger partial charge in [0.05, 0.1) is 0 Å². The van der Waals surface area contributed by atoms with Crippen LogP contribution >= 0.6 is 23.2 Å². The topological polar surface area (TPSA) is 9.23 Å². The molecule has 0 unspecified atom stereocenters. The van der Waals surface area contributed by atoms with Crippen LogP contribution in [0.5, 0.6) is 5.75 Å². The van der Waals surface area contributed by atoms with Crippen molar-refractivity contribution >= 4 is 35.6 Å². The van der Waals surface area contributed by atoms with E-state index in [9.17, 15) is 12.9 Å². The first-order valence-electron chi connectivity index (χ1n) is 5.73. The van der Waals surface area contributed by atoms with Gasteiger partial charge in [-0.05, 0) is 30.3 Å². The molecule has 0 spiro atoms. The minimum absolute atomic E-state index is 0. The van der Waals surface area contributed by atoms with Gasteiger partial charge in [0.15, 0.2) is 0 Å². The Hall–Kier alpha value is 0.311. The fraction of sp³-hybridized carbons (Fsp3) is 0.0769. The molecule has 2 aromatic carbocycles. The molecule has 0 aromatic heterocycles. The molecule has 0 aliphatic rings. The molecular formula is C13H9BCl2F3KO. The van der Waals surface area contributed by atoms with Crippen molar-refractivity contribution in [1.82, 2.24) is 0 Å². The maximum absolute atomic E-state index is 12.6. The molecule has 0 saturated carbocycles. The van der Waals surface area contributed by atoms with Crippen LogP contribution in [0, 0.1) is 0 Å². The Morgan fingerprint density at radius 3 is 2.38 bits per heavy atom. The third-order valence-corrected chi connectivity index (χ3v) is 3.24. The number of halogens is 5. The molecule has 106 valence electrons. The first-order chi connectivity index (χ1) is 9.36. The van der Waals surface area contributed by atoms with Crippen LogP contribution in [-0.4, -0.2) is 6.98 Å². The van der Waals surface area contributed by atoms with E-state index in [1.807, 2.05) is 0 Å². The zero-order valence-corrected chi connectivity index (χ0v) is 15.8. The average Bonchev–Trinajstić information content (AvgIpc) is 2.39. The van der Waals surface area contributed by atoms with Crippen LogP contribution in [-0.2, 0) is 6.61 Å². The van der Waals surface area contributed by atoms with Crippen LogP contribution in [0.3, 0.4) is 0 Å². The van der Waals surface area contributed by atoms with Crippen molar-refractivity contribution in [2.45, 2.75) is 6.61 Å². The Labute approximate surface area is 173 Å². The second-order valence-electron chi connectivity index (χ2n) is 4.17. The normalized spacial score (nSPS) is 10.9. The van der Waals surface area contributed by atoms with Crippen LogP contribution in [0.4, 0.5) is 12.9 Å². The summed E-state index contributed by atoms with van der Waals surface area (Å²) in [6.45, 7) is -4.99. The summed E-state index contributed by atoms with van der Waals surface area (Å²) in [6.07, 6.45) is 0. The second-order valence-corrected chi connectivity index (χ2v) is 5.02. The van der Waals surface area contributed by atoms with Gasteiger partial charge < -0.3 is 17.7 Å². The van der Waals surface area contributed by atoms with E-state index < -0.39 is 12.4 Å². The third-order valence-electron chi connectivity index (χ3n) is 2.64. The summed E-state index contributed by atoms with van der Waals surface area (Å²) in [6, 6.07) is 9.60. The van der Waals surface area contributed by atoms with E-state index in [-0.39, 0.29) is 63.7 Å². The molecule has 8 heteroatoms. The zero-order chi connectivity index (χ0) is 14.8. The van der Waals surface area contributed by atoms with Gasteiger partial charge in [0, 0.05) is 15.6 Å². The molecule has 0 aliphatic carbocycles. The molecule has 0 N–H and O–H groups in total. The Morgan fingerprint density at radius 2 is 1.71 bits per heavy atom. The minimum atomic E-state index is -5.04. The van der Waals surface area contributed by atoms with Gasteiger partial charge in [-0.25, -0.2) is 0 Å². The summed E-state index contributed by atoms with van der Waals surface area (Å²) < 4.78 is 43.2. The third kappa shape index (κ3) is 5.78. The summed E-state index contributed by atoms with van der Waals surface area (Å²) in [7, 11) is 0.